The molecule has 0 aromatic carbocycles. The normalized spacial score (nSPS) is 10.2. The van der Waals surface area contributed by atoms with Crippen LogP contribution in [0.25, 0.3) is 11.5 Å². The first-order valence-electron chi connectivity index (χ1n) is 4.40. The molecule has 0 fully saturated rings. The van der Waals surface area contributed by atoms with Gasteiger partial charge in [-0.15, -0.1) is 0 Å². The van der Waals surface area contributed by atoms with E-state index in [4.69, 9.17) is 4.74 Å². The number of aromatic amines is 2. The number of carbonyl (C=O) groups is 1. The van der Waals surface area contributed by atoms with Gasteiger partial charge in [0.15, 0.2) is 5.82 Å². The van der Waals surface area contributed by atoms with E-state index in [9.17, 15) is 4.79 Å². The Kier molecular flexibility index (Phi) is 2.44. The first-order valence-corrected chi connectivity index (χ1v) is 4.40. The Labute approximate surface area is 84.9 Å². The minimum atomic E-state index is -0.518. The quantitative estimate of drug-likeness (QED) is 0.709. The van der Waals surface area contributed by atoms with Gasteiger partial charge in [0, 0.05) is 6.20 Å². The third kappa shape index (κ3) is 1.85. The fourth-order valence-corrected chi connectivity index (χ4v) is 1.05. The van der Waals surface area contributed by atoms with E-state index in [1.807, 2.05) is 0 Å². The Balaban J connectivity index is 2.21. The molecule has 0 atom stereocenters. The van der Waals surface area contributed by atoms with Crippen molar-refractivity contribution >= 4 is 5.97 Å². The molecule has 0 aliphatic heterocycles. The predicted molar refractivity (Wildman–Crippen MR) is 49.9 cm³/mol. The summed E-state index contributed by atoms with van der Waals surface area (Å²) >= 11 is 0. The van der Waals surface area contributed by atoms with Gasteiger partial charge in [0.2, 0.25) is 5.82 Å². The van der Waals surface area contributed by atoms with Gasteiger partial charge >= 0.3 is 5.97 Å². The standard InChI is InChI=1S/C8H9N5O2/c1-2-15-8(14)7-10-6(12-13-7)5-3-4-9-11-5/h3-4H,2H2,1H3,(H,9,11)(H,10,12,13). The van der Waals surface area contributed by atoms with Crippen LogP contribution in [-0.4, -0.2) is 38.0 Å². The van der Waals surface area contributed by atoms with E-state index >= 15 is 0 Å². The average Bonchev–Trinajstić information content (AvgIpc) is 2.89. The number of nitrogens with zero attached hydrogens (tertiary/aromatic N) is 3. The van der Waals surface area contributed by atoms with Crippen molar-refractivity contribution in [2.75, 3.05) is 6.61 Å². The van der Waals surface area contributed by atoms with Gasteiger partial charge in [0.05, 0.1) is 6.61 Å². The summed E-state index contributed by atoms with van der Waals surface area (Å²) in [6, 6.07) is 1.71. The number of hydrogen-bond donors (Lipinski definition) is 2. The van der Waals surface area contributed by atoms with Crippen LogP contribution in [0.5, 0.6) is 0 Å². The smallest absolute Gasteiger partial charge is 0.375 e. The molecule has 7 nitrogen and oxygen atoms in total. The SMILES string of the molecule is CCOC(=O)c1nc(-c2ccn[nH]2)n[nH]1. The highest BCUT2D eigenvalue weighted by atomic mass is 16.5. The van der Waals surface area contributed by atoms with Crippen LogP contribution >= 0.6 is 0 Å². The van der Waals surface area contributed by atoms with E-state index < -0.39 is 5.97 Å². The van der Waals surface area contributed by atoms with Crippen molar-refractivity contribution in [1.29, 1.82) is 0 Å². The summed E-state index contributed by atoms with van der Waals surface area (Å²) in [6.45, 7) is 2.03. The van der Waals surface area contributed by atoms with Crippen molar-refractivity contribution in [3.05, 3.63) is 18.1 Å². The third-order valence-electron chi connectivity index (χ3n) is 1.70. The van der Waals surface area contributed by atoms with Gasteiger partial charge in [-0.2, -0.15) is 15.2 Å². The van der Waals surface area contributed by atoms with E-state index in [1.54, 1.807) is 19.2 Å². The topological polar surface area (TPSA) is 96.6 Å². The molecule has 0 aliphatic rings. The highest BCUT2D eigenvalue weighted by Crippen LogP contribution is 2.09. The van der Waals surface area contributed by atoms with Crippen LogP contribution < -0.4 is 0 Å². The highest BCUT2D eigenvalue weighted by molar-refractivity contribution is 5.85. The monoisotopic (exact) mass is 207 g/mol. The lowest BCUT2D eigenvalue weighted by Crippen LogP contribution is -2.06. The summed E-state index contributed by atoms with van der Waals surface area (Å²) in [5.41, 5.74) is 0.641. The number of hydrogen-bond acceptors (Lipinski definition) is 5. The second kappa shape index (κ2) is 3.91. The molecule has 2 aromatic rings. The fraction of sp³-hybridized carbons (Fsp3) is 0.250. The molecule has 0 amide bonds. The van der Waals surface area contributed by atoms with Crippen molar-refractivity contribution < 1.29 is 9.53 Å². The number of aromatic nitrogens is 5. The second-order valence-electron chi connectivity index (χ2n) is 2.70. The van der Waals surface area contributed by atoms with Crippen molar-refractivity contribution in [1.82, 2.24) is 25.4 Å². The van der Waals surface area contributed by atoms with Crippen molar-refractivity contribution in [3.8, 4) is 11.5 Å². The largest absolute Gasteiger partial charge is 0.460 e. The van der Waals surface area contributed by atoms with E-state index in [1.165, 1.54) is 0 Å². The van der Waals surface area contributed by atoms with Crippen LogP contribution in [0.1, 0.15) is 17.5 Å². The molecule has 0 unspecified atom stereocenters. The van der Waals surface area contributed by atoms with Gasteiger partial charge in [-0.05, 0) is 13.0 Å². The van der Waals surface area contributed by atoms with Gasteiger partial charge in [-0.3, -0.25) is 10.2 Å². The van der Waals surface area contributed by atoms with E-state index in [-0.39, 0.29) is 5.82 Å². The summed E-state index contributed by atoms with van der Waals surface area (Å²) in [5.74, 6) is -0.0484. The summed E-state index contributed by atoms with van der Waals surface area (Å²) < 4.78 is 4.76. The van der Waals surface area contributed by atoms with Crippen molar-refractivity contribution in [3.63, 3.8) is 0 Å². The first-order chi connectivity index (χ1) is 7.31. The van der Waals surface area contributed by atoms with Crippen LogP contribution in [-0.2, 0) is 4.74 Å². The summed E-state index contributed by atoms with van der Waals surface area (Å²) in [4.78, 5) is 15.2. The van der Waals surface area contributed by atoms with Crippen LogP contribution in [0, 0.1) is 0 Å². The molecular formula is C8H9N5O2. The zero-order chi connectivity index (χ0) is 10.7. The maximum Gasteiger partial charge on any atom is 0.375 e. The Morgan fingerprint density at radius 2 is 2.40 bits per heavy atom. The number of carbonyl (C=O) groups excluding carboxylic acids is 1. The van der Waals surface area contributed by atoms with E-state index in [0.717, 1.165) is 0 Å². The van der Waals surface area contributed by atoms with E-state index in [0.29, 0.717) is 18.1 Å². The number of rotatable bonds is 3. The molecule has 0 saturated heterocycles. The first kappa shape index (κ1) is 9.38. The summed E-state index contributed by atoms with van der Waals surface area (Å²) in [6.07, 6.45) is 1.58. The lowest BCUT2D eigenvalue weighted by Gasteiger charge is -1.94. The van der Waals surface area contributed by atoms with Crippen LogP contribution in [0.4, 0.5) is 0 Å². The molecule has 0 spiro atoms. The van der Waals surface area contributed by atoms with Crippen LogP contribution in [0.3, 0.4) is 0 Å². The third-order valence-corrected chi connectivity index (χ3v) is 1.70. The van der Waals surface area contributed by atoms with Crippen molar-refractivity contribution in [2.24, 2.45) is 0 Å². The van der Waals surface area contributed by atoms with Crippen LogP contribution in [0.2, 0.25) is 0 Å². The molecular weight excluding hydrogens is 198 g/mol. The molecule has 2 aromatic heterocycles. The lowest BCUT2D eigenvalue weighted by atomic mass is 10.4. The molecule has 2 N–H and O–H groups in total. The molecule has 0 bridgehead atoms. The molecule has 15 heavy (non-hydrogen) atoms. The Morgan fingerprint density at radius 1 is 1.53 bits per heavy atom. The molecule has 0 saturated carbocycles. The van der Waals surface area contributed by atoms with E-state index in [2.05, 4.69) is 25.4 Å². The fourth-order valence-electron chi connectivity index (χ4n) is 1.05. The molecule has 0 radical (unpaired) electrons. The maximum atomic E-state index is 11.2. The predicted octanol–water partition coefficient (Wildman–Crippen LogP) is 0.371. The highest BCUT2D eigenvalue weighted by Gasteiger charge is 2.13. The Hall–Kier alpha value is -2.18. The second-order valence-corrected chi connectivity index (χ2v) is 2.70. The van der Waals surface area contributed by atoms with Crippen molar-refractivity contribution in [2.45, 2.75) is 6.92 Å². The van der Waals surface area contributed by atoms with Gasteiger partial charge in [0.25, 0.3) is 0 Å². The Morgan fingerprint density at radius 3 is 3.07 bits per heavy atom. The number of H-pyrrole nitrogens is 2. The molecule has 2 rings (SSSR count). The maximum absolute atomic E-state index is 11.2. The zero-order valence-corrected chi connectivity index (χ0v) is 8.02. The van der Waals surface area contributed by atoms with Gasteiger partial charge in [-0.1, -0.05) is 0 Å². The number of esters is 1. The minimum absolute atomic E-state index is 0.0847. The minimum Gasteiger partial charge on any atom is -0.460 e. The molecule has 78 valence electrons. The molecule has 7 heteroatoms. The van der Waals surface area contributed by atoms with Gasteiger partial charge in [-0.25, -0.2) is 4.79 Å². The Bertz CT molecular complexity index is 447. The molecule has 2 heterocycles. The van der Waals surface area contributed by atoms with Crippen LogP contribution in [0.15, 0.2) is 12.3 Å². The number of nitrogens with one attached hydrogen (secondary N) is 2. The lowest BCUT2D eigenvalue weighted by molar-refractivity contribution is 0.0512. The summed E-state index contributed by atoms with van der Waals surface area (Å²) in [5, 5.41) is 12.8. The molecule has 0 aliphatic carbocycles. The number of ether oxygens (including phenoxy) is 1. The van der Waals surface area contributed by atoms with Gasteiger partial charge in [0.1, 0.15) is 5.69 Å². The summed E-state index contributed by atoms with van der Waals surface area (Å²) in [7, 11) is 0. The average molecular weight is 207 g/mol. The van der Waals surface area contributed by atoms with Gasteiger partial charge < -0.3 is 4.74 Å². The zero-order valence-electron chi connectivity index (χ0n) is 8.02.